The summed E-state index contributed by atoms with van der Waals surface area (Å²) in [7, 11) is 0. The molecule has 156 valence electrons. The summed E-state index contributed by atoms with van der Waals surface area (Å²) in [6, 6.07) is 12.4. The number of ether oxygens (including phenoxy) is 1. The summed E-state index contributed by atoms with van der Waals surface area (Å²) in [6.45, 7) is 6.36. The zero-order chi connectivity index (χ0) is 21.4. The quantitative estimate of drug-likeness (QED) is 0.632. The number of amides is 1. The molecule has 1 amide bonds. The molecule has 29 heavy (non-hydrogen) atoms. The Labute approximate surface area is 176 Å². The van der Waals surface area contributed by atoms with Crippen LogP contribution in [0.5, 0.6) is 0 Å². The molecule has 4 nitrogen and oxygen atoms in total. The van der Waals surface area contributed by atoms with Gasteiger partial charge in [0, 0.05) is 5.56 Å². The van der Waals surface area contributed by atoms with Gasteiger partial charge in [-0.1, -0.05) is 45.0 Å². The van der Waals surface area contributed by atoms with Crippen molar-refractivity contribution in [2.45, 2.75) is 45.3 Å². The van der Waals surface area contributed by atoms with Crippen LogP contribution in [0.1, 0.15) is 48.7 Å². The van der Waals surface area contributed by atoms with Crippen molar-refractivity contribution in [2.75, 3.05) is 12.0 Å². The molecular formula is C23H28FNO3S. The summed E-state index contributed by atoms with van der Waals surface area (Å²) >= 11 is 1.59. The highest BCUT2D eigenvalue weighted by atomic mass is 32.2. The van der Waals surface area contributed by atoms with Crippen molar-refractivity contribution in [3.8, 4) is 0 Å². The smallest absolute Gasteiger partial charge is 0.329 e. The topological polar surface area (TPSA) is 55.4 Å². The second-order valence-corrected chi connectivity index (χ2v) is 8.85. The van der Waals surface area contributed by atoms with Crippen LogP contribution in [0.4, 0.5) is 4.39 Å². The minimum Gasteiger partial charge on any atom is -0.459 e. The maximum Gasteiger partial charge on any atom is 0.329 e. The average Bonchev–Trinajstić information content (AvgIpc) is 2.69. The van der Waals surface area contributed by atoms with E-state index in [-0.39, 0.29) is 23.7 Å². The summed E-state index contributed by atoms with van der Waals surface area (Å²) in [5, 5.41) is 2.78. The van der Waals surface area contributed by atoms with Gasteiger partial charge in [-0.15, -0.1) is 0 Å². The Morgan fingerprint density at radius 2 is 1.69 bits per heavy atom. The van der Waals surface area contributed by atoms with E-state index in [2.05, 4.69) is 26.1 Å². The Morgan fingerprint density at radius 1 is 1.07 bits per heavy atom. The Balaban J connectivity index is 2.01. The summed E-state index contributed by atoms with van der Waals surface area (Å²) in [5.41, 5.74) is 2.32. The molecule has 6 heteroatoms. The van der Waals surface area contributed by atoms with Crippen molar-refractivity contribution >= 4 is 23.6 Å². The monoisotopic (exact) mass is 417 g/mol. The van der Waals surface area contributed by atoms with Gasteiger partial charge in [-0.2, -0.15) is 11.8 Å². The van der Waals surface area contributed by atoms with E-state index in [1.807, 2.05) is 18.4 Å². The number of hydrogen-bond donors (Lipinski definition) is 1. The molecule has 0 saturated heterocycles. The van der Waals surface area contributed by atoms with Gasteiger partial charge in [0.1, 0.15) is 18.5 Å². The van der Waals surface area contributed by atoms with E-state index in [9.17, 15) is 14.0 Å². The number of thioether (sulfide) groups is 1. The fourth-order valence-corrected chi connectivity index (χ4v) is 3.15. The molecule has 0 saturated carbocycles. The van der Waals surface area contributed by atoms with Gasteiger partial charge >= 0.3 is 5.97 Å². The van der Waals surface area contributed by atoms with E-state index in [0.29, 0.717) is 23.3 Å². The van der Waals surface area contributed by atoms with Crippen LogP contribution in [0.25, 0.3) is 0 Å². The van der Waals surface area contributed by atoms with E-state index in [1.165, 1.54) is 12.1 Å². The minimum absolute atomic E-state index is 0.0000495. The fourth-order valence-electron chi connectivity index (χ4n) is 2.68. The number of carbonyl (C=O) groups is 2. The van der Waals surface area contributed by atoms with Gasteiger partial charge in [0.15, 0.2) is 0 Å². The lowest BCUT2D eigenvalue weighted by Crippen LogP contribution is -2.42. The van der Waals surface area contributed by atoms with Crippen molar-refractivity contribution < 1.29 is 18.7 Å². The highest BCUT2D eigenvalue weighted by molar-refractivity contribution is 7.98. The zero-order valence-corrected chi connectivity index (χ0v) is 18.1. The molecule has 0 aliphatic heterocycles. The Hall–Kier alpha value is -2.34. The summed E-state index contributed by atoms with van der Waals surface area (Å²) < 4.78 is 18.3. The highest BCUT2D eigenvalue weighted by Gasteiger charge is 2.23. The van der Waals surface area contributed by atoms with Crippen LogP contribution < -0.4 is 5.32 Å². The lowest BCUT2D eigenvalue weighted by atomic mass is 9.86. The third-order valence-electron chi connectivity index (χ3n) is 4.51. The van der Waals surface area contributed by atoms with E-state index in [1.54, 1.807) is 36.0 Å². The van der Waals surface area contributed by atoms with Gasteiger partial charge in [-0.25, -0.2) is 9.18 Å². The molecule has 2 aromatic rings. The third-order valence-corrected chi connectivity index (χ3v) is 5.15. The van der Waals surface area contributed by atoms with Crippen molar-refractivity contribution in [2.24, 2.45) is 0 Å². The molecule has 0 aliphatic rings. The first kappa shape index (κ1) is 22.9. The van der Waals surface area contributed by atoms with Crippen LogP contribution in [0.2, 0.25) is 0 Å². The number of nitrogens with one attached hydrogen (secondary N) is 1. The molecule has 1 unspecified atom stereocenters. The number of halogens is 1. The van der Waals surface area contributed by atoms with Crippen molar-refractivity contribution in [1.82, 2.24) is 5.32 Å². The first-order valence-corrected chi connectivity index (χ1v) is 10.9. The number of carbonyl (C=O) groups excluding carboxylic acids is 2. The van der Waals surface area contributed by atoms with Crippen LogP contribution in [0.15, 0.2) is 48.5 Å². The molecule has 0 radical (unpaired) electrons. The van der Waals surface area contributed by atoms with Gasteiger partial charge in [-0.05, 0) is 59.2 Å². The fraction of sp³-hybridized carbons (Fsp3) is 0.391. The molecule has 0 bridgehead atoms. The summed E-state index contributed by atoms with van der Waals surface area (Å²) in [4.78, 5) is 25.1. The molecule has 0 aromatic heterocycles. The third kappa shape index (κ3) is 7.20. The SMILES string of the molecule is CSCCC(NC(=O)c1ccc(C(C)(C)C)cc1)C(=O)OCc1ccc(F)cc1. The maximum absolute atomic E-state index is 13.0. The molecule has 0 heterocycles. The molecule has 0 spiro atoms. The second kappa shape index (κ2) is 10.4. The lowest BCUT2D eigenvalue weighted by molar-refractivity contribution is -0.147. The molecule has 2 aromatic carbocycles. The van der Waals surface area contributed by atoms with Crippen molar-refractivity contribution in [3.05, 3.63) is 71.0 Å². The van der Waals surface area contributed by atoms with Crippen LogP contribution in [-0.2, 0) is 21.6 Å². The van der Waals surface area contributed by atoms with E-state index in [4.69, 9.17) is 4.74 Å². The first-order valence-electron chi connectivity index (χ1n) is 9.52. The van der Waals surface area contributed by atoms with E-state index in [0.717, 1.165) is 5.56 Å². The zero-order valence-electron chi connectivity index (χ0n) is 17.3. The maximum atomic E-state index is 13.0. The largest absolute Gasteiger partial charge is 0.459 e. The molecule has 0 fully saturated rings. The second-order valence-electron chi connectivity index (χ2n) is 7.87. The number of esters is 1. The number of rotatable bonds is 8. The predicted octanol–water partition coefficient (Wildman–Crippen LogP) is 4.72. The predicted molar refractivity (Wildman–Crippen MR) is 116 cm³/mol. The van der Waals surface area contributed by atoms with Crippen molar-refractivity contribution in [1.29, 1.82) is 0 Å². The van der Waals surface area contributed by atoms with Gasteiger partial charge in [-0.3, -0.25) is 4.79 Å². The van der Waals surface area contributed by atoms with Gasteiger partial charge in [0.25, 0.3) is 5.91 Å². The summed E-state index contributed by atoms with van der Waals surface area (Å²) in [6.07, 6.45) is 2.41. The van der Waals surface area contributed by atoms with Crippen LogP contribution in [0.3, 0.4) is 0 Å². The Bertz CT molecular complexity index is 814. The molecular weight excluding hydrogens is 389 g/mol. The normalized spacial score (nSPS) is 12.3. The van der Waals surface area contributed by atoms with Gasteiger partial charge < -0.3 is 10.1 Å². The minimum atomic E-state index is -0.738. The molecule has 0 aliphatic carbocycles. The number of benzene rings is 2. The molecule has 2 rings (SSSR count). The standard InChI is InChI=1S/C23H28FNO3S/c1-23(2,3)18-9-7-17(8-10-18)21(26)25-20(13-14-29-4)22(27)28-15-16-5-11-19(24)12-6-16/h5-12,20H,13-15H2,1-4H3,(H,25,26). The molecule has 1 N–H and O–H groups in total. The number of hydrogen-bond acceptors (Lipinski definition) is 4. The van der Waals surface area contributed by atoms with Crippen molar-refractivity contribution in [3.63, 3.8) is 0 Å². The van der Waals surface area contributed by atoms with Crippen LogP contribution in [0, 0.1) is 5.82 Å². The van der Waals surface area contributed by atoms with Gasteiger partial charge in [0.2, 0.25) is 0 Å². The summed E-state index contributed by atoms with van der Waals surface area (Å²) in [5.74, 6) is -0.444. The lowest BCUT2D eigenvalue weighted by Gasteiger charge is -2.20. The Kier molecular flexibility index (Phi) is 8.26. The average molecular weight is 418 g/mol. The van der Waals surface area contributed by atoms with Crippen LogP contribution >= 0.6 is 11.8 Å². The van der Waals surface area contributed by atoms with E-state index < -0.39 is 12.0 Å². The van der Waals surface area contributed by atoms with Gasteiger partial charge in [0.05, 0.1) is 0 Å². The highest BCUT2D eigenvalue weighted by Crippen LogP contribution is 2.22. The van der Waals surface area contributed by atoms with E-state index >= 15 is 0 Å². The molecule has 1 atom stereocenters. The Morgan fingerprint density at radius 3 is 2.24 bits per heavy atom. The first-order chi connectivity index (χ1) is 13.7. The van der Waals surface area contributed by atoms with Crippen LogP contribution in [-0.4, -0.2) is 29.9 Å².